The molecule has 1 atom stereocenters. The third-order valence-electron chi connectivity index (χ3n) is 3.78. The maximum Gasteiger partial charge on any atom is 0.0830 e. The second-order valence-corrected chi connectivity index (χ2v) is 5.81. The van der Waals surface area contributed by atoms with Crippen LogP contribution in [-0.4, -0.2) is 9.67 Å². The fourth-order valence-electron chi connectivity index (χ4n) is 2.74. The van der Waals surface area contributed by atoms with Crippen molar-refractivity contribution in [1.29, 1.82) is 0 Å². The van der Waals surface area contributed by atoms with Gasteiger partial charge in [-0.3, -0.25) is 0 Å². The molecule has 0 fully saturated rings. The summed E-state index contributed by atoms with van der Waals surface area (Å²) in [6.45, 7) is 1.97. The summed E-state index contributed by atoms with van der Waals surface area (Å²) >= 11 is 12.7. The Morgan fingerprint density at radius 3 is 2.84 bits per heavy atom. The third-order valence-corrected chi connectivity index (χ3v) is 4.56. The smallest absolute Gasteiger partial charge is 0.0830 e. The highest BCUT2D eigenvalue weighted by Gasteiger charge is 2.23. The fraction of sp³-hybridized carbons (Fsp3) is 0.333. The predicted octanol–water partition coefficient (Wildman–Crippen LogP) is 4.46. The van der Waals surface area contributed by atoms with Crippen molar-refractivity contribution in [2.24, 2.45) is 0 Å². The molecule has 19 heavy (non-hydrogen) atoms. The first-order chi connectivity index (χ1) is 9.09. The third kappa shape index (κ3) is 2.08. The first-order valence-electron chi connectivity index (χ1n) is 6.42. The Bertz CT molecular complexity index is 633. The van der Waals surface area contributed by atoms with Crippen LogP contribution in [0.15, 0.2) is 24.4 Å². The number of aliphatic hydroxyl groups is 1. The summed E-state index contributed by atoms with van der Waals surface area (Å²) in [4.78, 5) is 0. The molecular weight excluding hydrogens is 281 g/mol. The molecule has 0 saturated heterocycles. The van der Waals surface area contributed by atoms with E-state index in [0.29, 0.717) is 10.0 Å². The standard InChI is InChI=1S/C15H15Cl2NO/c1-9-5-6-11(16)15(14(9)17)18-8-7-10-12(18)3-2-4-13(10)19/h5-8,13,19H,2-4H2,1H3. The van der Waals surface area contributed by atoms with E-state index in [1.807, 2.05) is 35.9 Å². The van der Waals surface area contributed by atoms with Crippen molar-refractivity contribution < 1.29 is 5.11 Å². The molecule has 1 aliphatic rings. The lowest BCUT2D eigenvalue weighted by Gasteiger charge is -2.21. The molecule has 1 heterocycles. The Labute approximate surface area is 122 Å². The number of fused-ring (bicyclic) bond motifs is 1. The highest BCUT2D eigenvalue weighted by atomic mass is 35.5. The lowest BCUT2D eigenvalue weighted by atomic mass is 9.95. The van der Waals surface area contributed by atoms with E-state index in [1.54, 1.807) is 0 Å². The van der Waals surface area contributed by atoms with Gasteiger partial charge in [-0.05, 0) is 43.9 Å². The molecule has 0 radical (unpaired) electrons. The molecule has 2 nitrogen and oxygen atoms in total. The van der Waals surface area contributed by atoms with Gasteiger partial charge in [0.05, 0.1) is 21.8 Å². The molecule has 0 spiro atoms. The van der Waals surface area contributed by atoms with Crippen molar-refractivity contribution in [3.8, 4) is 5.69 Å². The summed E-state index contributed by atoms with van der Waals surface area (Å²) in [6.07, 6.45) is 4.34. The number of hydrogen-bond acceptors (Lipinski definition) is 1. The molecule has 100 valence electrons. The van der Waals surface area contributed by atoms with Crippen LogP contribution in [0.3, 0.4) is 0 Å². The highest BCUT2D eigenvalue weighted by molar-refractivity contribution is 6.38. The van der Waals surface area contributed by atoms with Gasteiger partial charge in [-0.1, -0.05) is 29.3 Å². The number of halogens is 2. The lowest BCUT2D eigenvalue weighted by Crippen LogP contribution is -2.11. The summed E-state index contributed by atoms with van der Waals surface area (Å²) in [7, 11) is 0. The number of aryl methyl sites for hydroxylation is 1. The molecule has 1 N–H and O–H groups in total. The second-order valence-electron chi connectivity index (χ2n) is 5.02. The van der Waals surface area contributed by atoms with Crippen molar-refractivity contribution in [2.75, 3.05) is 0 Å². The van der Waals surface area contributed by atoms with Crippen LogP contribution in [-0.2, 0) is 6.42 Å². The molecule has 1 aromatic heterocycles. The van der Waals surface area contributed by atoms with Gasteiger partial charge in [-0.15, -0.1) is 0 Å². The minimum Gasteiger partial charge on any atom is -0.388 e. The van der Waals surface area contributed by atoms with Gasteiger partial charge >= 0.3 is 0 Å². The summed E-state index contributed by atoms with van der Waals surface area (Å²) < 4.78 is 2.02. The van der Waals surface area contributed by atoms with Gasteiger partial charge in [0.2, 0.25) is 0 Å². The maximum atomic E-state index is 10.0. The zero-order valence-electron chi connectivity index (χ0n) is 10.7. The van der Waals surface area contributed by atoms with E-state index in [1.165, 1.54) is 0 Å². The number of rotatable bonds is 1. The number of benzene rings is 1. The molecule has 1 aromatic carbocycles. The van der Waals surface area contributed by atoms with Crippen LogP contribution in [0, 0.1) is 6.92 Å². The van der Waals surface area contributed by atoms with E-state index in [-0.39, 0.29) is 6.10 Å². The number of aromatic nitrogens is 1. The van der Waals surface area contributed by atoms with Crippen LogP contribution in [0.25, 0.3) is 5.69 Å². The van der Waals surface area contributed by atoms with Crippen LogP contribution in [0.4, 0.5) is 0 Å². The van der Waals surface area contributed by atoms with E-state index in [0.717, 1.165) is 41.8 Å². The second kappa shape index (κ2) is 4.86. The van der Waals surface area contributed by atoms with Crippen molar-refractivity contribution in [3.63, 3.8) is 0 Å². The maximum absolute atomic E-state index is 10.0. The zero-order chi connectivity index (χ0) is 13.6. The van der Waals surface area contributed by atoms with Gasteiger partial charge in [-0.25, -0.2) is 0 Å². The number of nitrogens with zero attached hydrogens (tertiary/aromatic N) is 1. The van der Waals surface area contributed by atoms with Crippen LogP contribution >= 0.6 is 23.2 Å². The van der Waals surface area contributed by atoms with E-state index in [4.69, 9.17) is 23.2 Å². The van der Waals surface area contributed by atoms with E-state index in [2.05, 4.69) is 0 Å². The van der Waals surface area contributed by atoms with Crippen LogP contribution in [0.2, 0.25) is 10.0 Å². The Kier molecular flexibility index (Phi) is 3.34. The van der Waals surface area contributed by atoms with E-state index in [9.17, 15) is 5.11 Å². The first-order valence-corrected chi connectivity index (χ1v) is 7.18. The first kappa shape index (κ1) is 13.0. The molecule has 0 bridgehead atoms. The monoisotopic (exact) mass is 295 g/mol. The minimum absolute atomic E-state index is 0.368. The topological polar surface area (TPSA) is 25.2 Å². The van der Waals surface area contributed by atoms with Crippen LogP contribution in [0.1, 0.15) is 35.8 Å². The van der Waals surface area contributed by atoms with Gasteiger partial charge in [0, 0.05) is 17.5 Å². The average Bonchev–Trinajstić information content (AvgIpc) is 2.80. The highest BCUT2D eigenvalue weighted by Crippen LogP contribution is 2.37. The fourth-order valence-corrected chi connectivity index (χ4v) is 3.29. The predicted molar refractivity (Wildman–Crippen MR) is 78.4 cm³/mol. The normalized spacial score (nSPS) is 18.4. The molecule has 0 aliphatic heterocycles. The van der Waals surface area contributed by atoms with Crippen LogP contribution < -0.4 is 0 Å². The largest absolute Gasteiger partial charge is 0.388 e. The van der Waals surface area contributed by atoms with Crippen molar-refractivity contribution in [2.45, 2.75) is 32.3 Å². The minimum atomic E-state index is -0.368. The van der Waals surface area contributed by atoms with Crippen molar-refractivity contribution in [1.82, 2.24) is 4.57 Å². The number of aliphatic hydroxyl groups excluding tert-OH is 1. The molecule has 1 unspecified atom stereocenters. The quantitative estimate of drug-likeness (QED) is 0.825. The molecule has 0 amide bonds. The van der Waals surface area contributed by atoms with Gasteiger partial charge in [0.1, 0.15) is 0 Å². The van der Waals surface area contributed by atoms with E-state index >= 15 is 0 Å². The molecular formula is C15H15Cl2NO. The summed E-state index contributed by atoms with van der Waals surface area (Å²) in [5.74, 6) is 0. The lowest BCUT2D eigenvalue weighted by molar-refractivity contribution is 0.156. The van der Waals surface area contributed by atoms with Gasteiger partial charge < -0.3 is 9.67 Å². The summed E-state index contributed by atoms with van der Waals surface area (Å²) in [6, 6.07) is 5.75. The van der Waals surface area contributed by atoms with Gasteiger partial charge in [0.25, 0.3) is 0 Å². The number of hydrogen-bond donors (Lipinski definition) is 1. The van der Waals surface area contributed by atoms with Crippen molar-refractivity contribution in [3.05, 3.63) is 51.3 Å². The molecule has 2 aromatic rings. The summed E-state index contributed by atoms with van der Waals surface area (Å²) in [5, 5.41) is 11.3. The Morgan fingerprint density at radius 1 is 1.26 bits per heavy atom. The Morgan fingerprint density at radius 2 is 2.05 bits per heavy atom. The van der Waals surface area contributed by atoms with Crippen LogP contribution in [0.5, 0.6) is 0 Å². The Balaban J connectivity index is 2.21. The molecule has 4 heteroatoms. The molecule has 1 aliphatic carbocycles. The average molecular weight is 296 g/mol. The molecule has 0 saturated carbocycles. The SMILES string of the molecule is Cc1ccc(Cl)c(-n2ccc3c2CCCC3O)c1Cl. The van der Waals surface area contributed by atoms with Gasteiger partial charge in [-0.2, -0.15) is 0 Å². The molecule has 3 rings (SSSR count). The zero-order valence-corrected chi connectivity index (χ0v) is 12.2. The van der Waals surface area contributed by atoms with Gasteiger partial charge in [0.15, 0.2) is 0 Å². The van der Waals surface area contributed by atoms with Crippen molar-refractivity contribution >= 4 is 23.2 Å². The van der Waals surface area contributed by atoms with E-state index < -0.39 is 0 Å². The summed E-state index contributed by atoms with van der Waals surface area (Å²) in [5.41, 5.74) is 3.94. The Hall–Kier alpha value is -0.960.